The van der Waals surface area contributed by atoms with Gasteiger partial charge in [0.15, 0.2) is 5.78 Å². The molecular weight excluding hydrogens is 260 g/mol. The molecule has 1 aliphatic carbocycles. The van der Waals surface area contributed by atoms with Crippen LogP contribution in [0.5, 0.6) is 5.75 Å². The first-order valence-corrected chi connectivity index (χ1v) is 5.80. The van der Waals surface area contributed by atoms with Crippen LogP contribution < -0.4 is 4.74 Å². The van der Waals surface area contributed by atoms with Crippen LogP contribution in [0, 0.1) is 0 Å². The van der Waals surface area contributed by atoms with Gasteiger partial charge >= 0.3 is 5.97 Å². The topological polar surface area (TPSA) is 80.7 Å². The van der Waals surface area contributed by atoms with E-state index in [4.69, 9.17) is 4.74 Å². The summed E-state index contributed by atoms with van der Waals surface area (Å²) in [5, 5.41) is 9.18. The zero-order valence-electron chi connectivity index (χ0n) is 10.1. The fraction of sp³-hybridized carbons (Fsp3) is 0. The normalized spacial score (nSPS) is 11.7. The van der Waals surface area contributed by atoms with Crippen LogP contribution in [0.2, 0.25) is 0 Å². The highest BCUT2D eigenvalue weighted by molar-refractivity contribution is 6.26. The highest BCUT2D eigenvalue weighted by Crippen LogP contribution is 2.42. The molecule has 0 fully saturated rings. The summed E-state index contributed by atoms with van der Waals surface area (Å²) in [5.41, 5.74) is 1.43. The van der Waals surface area contributed by atoms with E-state index in [1.54, 1.807) is 24.3 Å². The Morgan fingerprint density at radius 1 is 1.05 bits per heavy atom. The van der Waals surface area contributed by atoms with Crippen LogP contribution in [0.25, 0.3) is 11.1 Å². The van der Waals surface area contributed by atoms with Gasteiger partial charge in [0, 0.05) is 5.56 Å². The third-order valence-electron chi connectivity index (χ3n) is 3.24. The quantitative estimate of drug-likeness (QED) is 0.736. The van der Waals surface area contributed by atoms with E-state index in [-0.39, 0.29) is 28.9 Å². The van der Waals surface area contributed by atoms with Crippen molar-refractivity contribution in [3.63, 3.8) is 0 Å². The van der Waals surface area contributed by atoms with E-state index < -0.39 is 11.8 Å². The Hall–Kier alpha value is -2.95. The van der Waals surface area contributed by atoms with E-state index in [1.807, 2.05) is 0 Å². The molecule has 1 aliphatic rings. The molecule has 0 aromatic heterocycles. The Labute approximate surface area is 113 Å². The minimum absolute atomic E-state index is 0.0549. The molecule has 0 bridgehead atoms. The Morgan fingerprint density at radius 3 is 2.35 bits per heavy atom. The number of carbonyl (C=O) groups excluding carboxylic acids is 2. The number of carboxylic acid groups (broad SMARTS) is 1. The Bertz CT molecular complexity index is 761. The molecule has 2 aromatic carbocycles. The maximum atomic E-state index is 12.4. The van der Waals surface area contributed by atoms with Gasteiger partial charge in [-0.25, -0.2) is 4.79 Å². The maximum Gasteiger partial charge on any atom is 0.336 e. The number of hydrogen-bond donors (Lipinski definition) is 1. The molecule has 0 heterocycles. The van der Waals surface area contributed by atoms with Crippen molar-refractivity contribution in [3.05, 3.63) is 53.1 Å². The van der Waals surface area contributed by atoms with Crippen LogP contribution in [-0.2, 0) is 4.79 Å². The maximum absolute atomic E-state index is 12.4. The summed E-state index contributed by atoms with van der Waals surface area (Å²) in [6.07, 6.45) is 0. The molecule has 1 N–H and O–H groups in total. The van der Waals surface area contributed by atoms with Gasteiger partial charge in [-0.15, -0.1) is 0 Å². The molecule has 5 nitrogen and oxygen atoms in total. The summed E-state index contributed by atoms with van der Waals surface area (Å²) >= 11 is 0. The fourth-order valence-corrected chi connectivity index (χ4v) is 2.46. The number of fused-ring (bicyclic) bond motifs is 3. The van der Waals surface area contributed by atoms with E-state index in [1.165, 1.54) is 12.1 Å². The van der Waals surface area contributed by atoms with Crippen molar-refractivity contribution in [1.82, 2.24) is 0 Å². The van der Waals surface area contributed by atoms with Crippen molar-refractivity contribution in [2.75, 3.05) is 0 Å². The number of rotatable bonds is 3. The van der Waals surface area contributed by atoms with Crippen LogP contribution in [0.1, 0.15) is 26.3 Å². The molecule has 0 atom stereocenters. The summed E-state index contributed by atoms with van der Waals surface area (Å²) in [6.45, 7) is 0.240. The minimum atomic E-state index is -1.17. The molecule has 0 saturated carbocycles. The second kappa shape index (κ2) is 4.31. The van der Waals surface area contributed by atoms with Crippen molar-refractivity contribution in [1.29, 1.82) is 0 Å². The predicted octanol–water partition coefficient (Wildman–Crippen LogP) is 2.13. The largest absolute Gasteiger partial charge is 0.478 e. The highest BCUT2D eigenvalue weighted by atomic mass is 16.5. The van der Waals surface area contributed by atoms with Gasteiger partial charge in [0.1, 0.15) is 5.75 Å². The summed E-state index contributed by atoms with van der Waals surface area (Å²) < 4.78 is 4.80. The summed E-state index contributed by atoms with van der Waals surface area (Å²) in [6, 6.07) is 9.48. The van der Waals surface area contributed by atoms with Gasteiger partial charge < -0.3 is 9.84 Å². The zero-order chi connectivity index (χ0) is 14.3. The monoisotopic (exact) mass is 268 g/mol. The molecule has 0 aliphatic heterocycles. The second-order valence-electron chi connectivity index (χ2n) is 4.26. The lowest BCUT2D eigenvalue weighted by Gasteiger charge is -2.03. The highest BCUT2D eigenvalue weighted by Gasteiger charge is 2.33. The number of hydrogen-bond acceptors (Lipinski definition) is 4. The lowest BCUT2D eigenvalue weighted by Crippen LogP contribution is -2.07. The minimum Gasteiger partial charge on any atom is -0.478 e. The van der Waals surface area contributed by atoms with Crippen LogP contribution in [0.4, 0.5) is 0 Å². The lowest BCUT2D eigenvalue weighted by molar-refractivity contribution is -0.120. The first-order valence-electron chi connectivity index (χ1n) is 5.80. The third-order valence-corrected chi connectivity index (χ3v) is 3.24. The van der Waals surface area contributed by atoms with E-state index in [2.05, 4.69) is 0 Å². The van der Waals surface area contributed by atoms with Crippen LogP contribution in [0.15, 0.2) is 36.4 Å². The first kappa shape index (κ1) is 12.1. The molecule has 0 spiro atoms. The second-order valence-corrected chi connectivity index (χ2v) is 4.26. The van der Waals surface area contributed by atoms with Gasteiger partial charge in [0.25, 0.3) is 6.47 Å². The van der Waals surface area contributed by atoms with Gasteiger partial charge in [-0.05, 0) is 23.3 Å². The number of ketones is 1. The fourth-order valence-electron chi connectivity index (χ4n) is 2.46. The summed E-state index contributed by atoms with van der Waals surface area (Å²) in [5.74, 6) is -1.47. The molecule has 0 radical (unpaired) electrons. The van der Waals surface area contributed by atoms with Gasteiger partial charge in [0.05, 0.1) is 11.1 Å². The van der Waals surface area contributed by atoms with Gasteiger partial charge in [-0.1, -0.05) is 24.3 Å². The van der Waals surface area contributed by atoms with E-state index in [0.29, 0.717) is 11.1 Å². The molecule has 0 unspecified atom stereocenters. The third kappa shape index (κ3) is 1.53. The smallest absolute Gasteiger partial charge is 0.336 e. The summed E-state index contributed by atoms with van der Waals surface area (Å²) in [4.78, 5) is 34.2. The molecule has 0 saturated heterocycles. The van der Waals surface area contributed by atoms with Crippen molar-refractivity contribution >= 4 is 18.2 Å². The molecule has 98 valence electrons. The van der Waals surface area contributed by atoms with Crippen LogP contribution in [-0.4, -0.2) is 23.3 Å². The first-order chi connectivity index (χ1) is 9.65. The average molecular weight is 268 g/mol. The van der Waals surface area contributed by atoms with Gasteiger partial charge in [-0.3, -0.25) is 9.59 Å². The molecule has 0 amide bonds. The summed E-state index contributed by atoms with van der Waals surface area (Å²) in [7, 11) is 0. The van der Waals surface area contributed by atoms with E-state index in [9.17, 15) is 19.5 Å². The standard InChI is InChI=1S/C15H8O5/c16-7-20-11-6-2-4-9-8-3-1-5-10(15(18)19)12(8)14(17)13(9)11/h1-7H,(H,18,19). The van der Waals surface area contributed by atoms with Crippen molar-refractivity contribution in [2.24, 2.45) is 0 Å². The van der Waals surface area contributed by atoms with Crippen molar-refractivity contribution < 1.29 is 24.2 Å². The number of carboxylic acids is 1. The lowest BCUT2D eigenvalue weighted by atomic mass is 10.0. The molecule has 20 heavy (non-hydrogen) atoms. The van der Waals surface area contributed by atoms with E-state index >= 15 is 0 Å². The molecular formula is C15H8O5. The zero-order valence-corrected chi connectivity index (χ0v) is 10.1. The number of benzene rings is 2. The van der Waals surface area contributed by atoms with Gasteiger partial charge in [-0.2, -0.15) is 0 Å². The molecule has 3 rings (SSSR count). The number of aromatic carboxylic acids is 1. The van der Waals surface area contributed by atoms with Crippen molar-refractivity contribution in [2.45, 2.75) is 0 Å². The van der Waals surface area contributed by atoms with E-state index in [0.717, 1.165) is 0 Å². The van der Waals surface area contributed by atoms with Crippen LogP contribution in [0.3, 0.4) is 0 Å². The van der Waals surface area contributed by atoms with Crippen LogP contribution >= 0.6 is 0 Å². The van der Waals surface area contributed by atoms with Gasteiger partial charge in [0.2, 0.25) is 0 Å². The number of ether oxygens (including phenoxy) is 1. The SMILES string of the molecule is O=COc1cccc2c1C(=O)c1c(C(=O)O)cccc1-2. The predicted molar refractivity (Wildman–Crippen MR) is 69.0 cm³/mol. The number of carbonyl (C=O) groups is 3. The molecule has 5 heteroatoms. The Kier molecular flexibility index (Phi) is 2.61. The Morgan fingerprint density at radius 2 is 1.70 bits per heavy atom. The molecule has 2 aromatic rings. The average Bonchev–Trinajstić information content (AvgIpc) is 2.74. The van der Waals surface area contributed by atoms with Crippen molar-refractivity contribution in [3.8, 4) is 16.9 Å². The Balaban J connectivity index is 2.32.